The summed E-state index contributed by atoms with van der Waals surface area (Å²) in [4.78, 5) is 49.5. The number of rotatable bonds is 12. The Morgan fingerprint density at radius 3 is 2.02 bits per heavy atom. The van der Waals surface area contributed by atoms with Gasteiger partial charge >= 0.3 is 24.9 Å². The van der Waals surface area contributed by atoms with Crippen molar-refractivity contribution in [1.29, 1.82) is 0 Å². The zero-order valence-corrected chi connectivity index (χ0v) is 23.9. The molecule has 4 N–H and O–H groups in total. The van der Waals surface area contributed by atoms with Crippen molar-refractivity contribution < 1.29 is 43.1 Å². The molecule has 0 bridgehead atoms. The van der Waals surface area contributed by atoms with Crippen molar-refractivity contribution in [3.05, 3.63) is 95.6 Å². The van der Waals surface area contributed by atoms with Crippen LogP contribution in [0.4, 0.5) is 16.2 Å². The molecule has 0 unspecified atom stereocenters. The number of amides is 4. The van der Waals surface area contributed by atoms with E-state index >= 15 is 0 Å². The molecule has 2 atom stereocenters. The van der Waals surface area contributed by atoms with Gasteiger partial charge in [0.1, 0.15) is 0 Å². The van der Waals surface area contributed by atoms with E-state index in [0.717, 1.165) is 11.1 Å². The second kappa shape index (κ2) is 16.3. The largest absolute Gasteiger partial charge is 1.00 e. The second-order valence-corrected chi connectivity index (χ2v) is 10.1. The summed E-state index contributed by atoms with van der Waals surface area (Å²) in [6.45, 7) is 5.86. The van der Waals surface area contributed by atoms with Crippen LogP contribution in [-0.2, 0) is 20.8 Å². The van der Waals surface area contributed by atoms with E-state index in [0.29, 0.717) is 23.4 Å². The summed E-state index contributed by atoms with van der Waals surface area (Å²) in [7, 11) is 0. The first-order valence-corrected chi connectivity index (χ1v) is 13.2. The van der Waals surface area contributed by atoms with Crippen LogP contribution in [0.5, 0.6) is 0 Å². The second-order valence-electron chi connectivity index (χ2n) is 10.1. The zero-order chi connectivity index (χ0) is 29.1. The summed E-state index contributed by atoms with van der Waals surface area (Å²) in [5.41, 5.74) is 3.38. The summed E-state index contributed by atoms with van der Waals surface area (Å²) in [6, 6.07) is 20.6. The van der Waals surface area contributed by atoms with Gasteiger partial charge in [-0.05, 0) is 54.2 Å². The van der Waals surface area contributed by atoms with Gasteiger partial charge in [-0.1, -0.05) is 74.5 Å². The van der Waals surface area contributed by atoms with Crippen LogP contribution in [-0.4, -0.2) is 29.9 Å². The molecule has 210 valence electrons. The summed E-state index contributed by atoms with van der Waals surface area (Å²) in [6.07, 6.45) is 0.552. The number of carbonyl (C=O) groups is 4. The first-order chi connectivity index (χ1) is 19.1. The maximum Gasteiger partial charge on any atom is 1.00 e. The van der Waals surface area contributed by atoms with Crippen LogP contribution < -0.4 is 45.2 Å². The van der Waals surface area contributed by atoms with E-state index in [1.165, 1.54) is 0 Å². The quantitative estimate of drug-likeness (QED) is 0.246. The number of anilines is 2. The first-order valence-electron chi connectivity index (χ1n) is 13.2. The third-order valence-electron chi connectivity index (χ3n) is 6.20. The topological polar surface area (TPSA) is 139 Å². The van der Waals surface area contributed by atoms with Gasteiger partial charge in [-0.2, -0.15) is 0 Å². The fourth-order valence-corrected chi connectivity index (χ4v) is 4.30. The Kier molecular flexibility index (Phi) is 13.1. The third-order valence-corrected chi connectivity index (χ3v) is 6.20. The number of aryl methyl sites for hydroxylation is 1. The van der Waals surface area contributed by atoms with Gasteiger partial charge in [0.2, 0.25) is 11.8 Å². The number of nitrogens with one attached hydrogen (secondary N) is 4. The van der Waals surface area contributed by atoms with Gasteiger partial charge in [0.05, 0.1) is 18.4 Å². The van der Waals surface area contributed by atoms with Crippen molar-refractivity contribution >= 4 is 35.2 Å². The van der Waals surface area contributed by atoms with Gasteiger partial charge in [-0.25, -0.2) is 4.79 Å². The molecule has 0 heterocycles. The Morgan fingerprint density at radius 2 is 1.41 bits per heavy atom. The Morgan fingerprint density at radius 1 is 0.780 bits per heavy atom. The van der Waals surface area contributed by atoms with Crippen LogP contribution in [0.15, 0.2) is 78.9 Å². The molecular formula is C31H35LiN4O5. The summed E-state index contributed by atoms with van der Waals surface area (Å²) in [5.74, 6) is -1.98. The molecule has 0 aromatic heterocycles. The molecule has 0 radical (unpaired) electrons. The number of carbonyl (C=O) groups excluding carboxylic acids is 4. The average Bonchev–Trinajstić information content (AvgIpc) is 2.89. The third kappa shape index (κ3) is 11.1. The van der Waals surface area contributed by atoms with Crippen LogP contribution in [0.1, 0.15) is 49.4 Å². The molecule has 4 amide bonds. The van der Waals surface area contributed by atoms with E-state index in [1.807, 2.05) is 45.0 Å². The maximum absolute atomic E-state index is 12.8. The minimum atomic E-state index is -1.41. The van der Waals surface area contributed by atoms with E-state index in [4.69, 9.17) is 0 Å². The molecule has 0 aliphatic carbocycles. The molecule has 3 rings (SSSR count). The smallest absolute Gasteiger partial charge is 0.548 e. The Hall–Kier alpha value is -4.06. The molecule has 0 spiro atoms. The fraction of sp³-hybridized carbons (Fsp3) is 0.290. The van der Waals surface area contributed by atoms with E-state index in [2.05, 4.69) is 21.3 Å². The standard InChI is InChI=1S/C31H36N4O5.Li/c1-20(2)17-25(19-28(37)35-29(30(38)39)23-10-5-4-6-11-23)32-27(36)18-22-13-15-24(16-14-22)33-31(40)34-26-12-8-7-9-21(26)3;/h4-16,20,25,29H,17-19H2,1-3H3,(H,32,36)(H,35,37)(H,38,39)(H2,33,34,40);/q;+1/p-1/t25-,29+;/m0./s1. The molecule has 3 aromatic rings. The number of carboxylic acids is 1. The molecule has 3 aromatic carbocycles. The van der Waals surface area contributed by atoms with Crippen molar-refractivity contribution in [2.45, 2.75) is 52.1 Å². The number of aliphatic carboxylic acids is 1. The van der Waals surface area contributed by atoms with Crippen LogP contribution in [0.25, 0.3) is 0 Å². The van der Waals surface area contributed by atoms with Crippen LogP contribution >= 0.6 is 0 Å². The first kappa shape index (κ1) is 33.1. The van der Waals surface area contributed by atoms with Crippen LogP contribution in [0, 0.1) is 12.8 Å². The normalized spacial score (nSPS) is 11.9. The Bertz CT molecular complexity index is 1320. The molecule has 41 heavy (non-hydrogen) atoms. The average molecular weight is 551 g/mol. The predicted octanol–water partition coefficient (Wildman–Crippen LogP) is 0.714. The van der Waals surface area contributed by atoms with Crippen molar-refractivity contribution in [2.75, 3.05) is 10.6 Å². The van der Waals surface area contributed by atoms with Crippen molar-refractivity contribution in [3.8, 4) is 0 Å². The van der Waals surface area contributed by atoms with Crippen LogP contribution in [0.3, 0.4) is 0 Å². The van der Waals surface area contributed by atoms with Gasteiger partial charge < -0.3 is 31.2 Å². The SMILES string of the molecule is Cc1ccccc1NC(=O)Nc1ccc(CC(=O)N[C@H](CC(=O)N[C@@H](C(=O)[O-])c2ccccc2)CC(C)C)cc1.[Li+]. The fourth-order valence-electron chi connectivity index (χ4n) is 4.30. The monoisotopic (exact) mass is 550 g/mol. The minimum absolute atomic E-state index is 0. The molecular weight excluding hydrogens is 515 g/mol. The number of para-hydroxylation sites is 1. The molecule has 0 aliphatic heterocycles. The number of carboxylic acid groups (broad SMARTS) is 1. The number of hydrogen-bond donors (Lipinski definition) is 4. The number of urea groups is 1. The maximum atomic E-state index is 12.8. The molecule has 9 nitrogen and oxygen atoms in total. The zero-order valence-electron chi connectivity index (χ0n) is 23.9. The van der Waals surface area contributed by atoms with Gasteiger partial charge in [-0.3, -0.25) is 9.59 Å². The number of hydrogen-bond acceptors (Lipinski definition) is 5. The molecule has 0 aliphatic rings. The van der Waals surface area contributed by atoms with Crippen molar-refractivity contribution in [2.24, 2.45) is 5.92 Å². The van der Waals surface area contributed by atoms with Gasteiger partial charge in [0, 0.05) is 23.8 Å². The summed E-state index contributed by atoms with van der Waals surface area (Å²) < 4.78 is 0. The molecule has 0 fully saturated rings. The van der Waals surface area contributed by atoms with Crippen molar-refractivity contribution in [3.63, 3.8) is 0 Å². The Labute approximate surface area is 252 Å². The van der Waals surface area contributed by atoms with Crippen LogP contribution in [0.2, 0.25) is 0 Å². The van der Waals surface area contributed by atoms with Crippen molar-refractivity contribution in [1.82, 2.24) is 10.6 Å². The van der Waals surface area contributed by atoms with E-state index in [1.54, 1.807) is 54.6 Å². The molecule has 10 heteroatoms. The molecule has 0 saturated carbocycles. The Balaban J connectivity index is 0.00000588. The van der Waals surface area contributed by atoms with E-state index in [-0.39, 0.29) is 49.6 Å². The summed E-state index contributed by atoms with van der Waals surface area (Å²) in [5, 5.41) is 22.6. The molecule has 0 saturated heterocycles. The minimum Gasteiger partial charge on any atom is -0.548 e. The van der Waals surface area contributed by atoms with E-state index < -0.39 is 24.0 Å². The van der Waals surface area contributed by atoms with Gasteiger partial charge in [-0.15, -0.1) is 0 Å². The predicted molar refractivity (Wildman–Crippen MR) is 152 cm³/mol. The van der Waals surface area contributed by atoms with Gasteiger partial charge in [0.25, 0.3) is 0 Å². The van der Waals surface area contributed by atoms with E-state index in [9.17, 15) is 24.3 Å². The van der Waals surface area contributed by atoms with Gasteiger partial charge in [0.15, 0.2) is 0 Å². The number of benzene rings is 3. The summed E-state index contributed by atoms with van der Waals surface area (Å²) >= 11 is 0.